The van der Waals surface area contributed by atoms with Crippen molar-refractivity contribution in [2.75, 3.05) is 19.2 Å². The highest BCUT2D eigenvalue weighted by atomic mass is 35.5. The molecule has 6 nitrogen and oxygen atoms in total. The lowest BCUT2D eigenvalue weighted by Crippen LogP contribution is -2.24. The summed E-state index contributed by atoms with van der Waals surface area (Å²) in [4.78, 5) is 16.9. The van der Waals surface area contributed by atoms with Gasteiger partial charge in [0, 0.05) is 17.5 Å². The quantitative estimate of drug-likeness (QED) is 0.369. The lowest BCUT2D eigenvalue weighted by molar-refractivity contribution is 0.221. The maximum atomic E-state index is 14.9. The van der Waals surface area contributed by atoms with Crippen LogP contribution in [0.15, 0.2) is 65.5 Å². The van der Waals surface area contributed by atoms with Gasteiger partial charge in [-0.3, -0.25) is 4.79 Å². The first-order valence-electron chi connectivity index (χ1n) is 9.21. The van der Waals surface area contributed by atoms with Crippen LogP contribution in [0.4, 0.5) is 10.2 Å². The summed E-state index contributed by atoms with van der Waals surface area (Å²) in [6, 6.07) is 17.4. The maximum absolute atomic E-state index is 14.9. The average Bonchev–Trinajstić information content (AvgIpc) is 2.76. The molecule has 0 fully saturated rings. The number of halogens is 2. The molecule has 4 aromatic rings. The summed E-state index contributed by atoms with van der Waals surface area (Å²) in [6.07, 6.45) is 0. The standard InChI is InChI=1S/C22H18ClFN4O2/c1-30-13-25-19-11-10-18(21(24)26-19)20-16-4-2-3-5-17(16)22(29)28(27-20)12-14-6-8-15(23)9-7-14/h2-11H,12-13H2,1H3,(H,25,26). The van der Waals surface area contributed by atoms with Crippen LogP contribution in [0.25, 0.3) is 22.0 Å². The van der Waals surface area contributed by atoms with E-state index in [-0.39, 0.29) is 24.4 Å². The molecular weight excluding hydrogens is 407 g/mol. The monoisotopic (exact) mass is 424 g/mol. The van der Waals surface area contributed by atoms with E-state index >= 15 is 0 Å². The van der Waals surface area contributed by atoms with E-state index < -0.39 is 5.95 Å². The van der Waals surface area contributed by atoms with Crippen molar-refractivity contribution >= 4 is 28.2 Å². The molecule has 0 aliphatic heterocycles. The maximum Gasteiger partial charge on any atom is 0.274 e. The van der Waals surface area contributed by atoms with Gasteiger partial charge in [-0.2, -0.15) is 9.49 Å². The average molecular weight is 425 g/mol. The predicted molar refractivity (Wildman–Crippen MR) is 115 cm³/mol. The lowest BCUT2D eigenvalue weighted by atomic mass is 10.1. The molecule has 1 N–H and O–H groups in total. The van der Waals surface area contributed by atoms with Crippen molar-refractivity contribution in [3.8, 4) is 11.3 Å². The highest BCUT2D eigenvalue weighted by Crippen LogP contribution is 2.27. The zero-order chi connectivity index (χ0) is 21.1. The molecule has 2 aromatic carbocycles. The fraction of sp³-hybridized carbons (Fsp3) is 0.136. The second-order valence-electron chi connectivity index (χ2n) is 6.63. The summed E-state index contributed by atoms with van der Waals surface area (Å²) >= 11 is 5.95. The van der Waals surface area contributed by atoms with Gasteiger partial charge in [0.05, 0.1) is 17.5 Å². The topological polar surface area (TPSA) is 69.0 Å². The number of methoxy groups -OCH3 is 1. The first-order valence-corrected chi connectivity index (χ1v) is 9.58. The van der Waals surface area contributed by atoms with E-state index in [4.69, 9.17) is 16.3 Å². The van der Waals surface area contributed by atoms with Crippen LogP contribution in [-0.2, 0) is 11.3 Å². The Labute approximate surface area is 176 Å². The molecule has 2 aromatic heterocycles. The fourth-order valence-corrected chi connectivity index (χ4v) is 3.29. The molecule has 0 aliphatic rings. The number of fused-ring (bicyclic) bond motifs is 1. The summed E-state index contributed by atoms with van der Waals surface area (Å²) in [7, 11) is 1.53. The molecule has 152 valence electrons. The molecule has 8 heteroatoms. The summed E-state index contributed by atoms with van der Waals surface area (Å²) in [5.41, 5.74) is 1.16. The van der Waals surface area contributed by atoms with Gasteiger partial charge in [-0.05, 0) is 35.9 Å². The Hall–Kier alpha value is -3.29. The van der Waals surface area contributed by atoms with Crippen molar-refractivity contribution in [3.05, 3.63) is 87.6 Å². The van der Waals surface area contributed by atoms with E-state index in [9.17, 15) is 9.18 Å². The predicted octanol–water partition coefficient (Wildman–Crippen LogP) is 4.32. The summed E-state index contributed by atoms with van der Waals surface area (Å²) < 4.78 is 21.1. The smallest absolute Gasteiger partial charge is 0.274 e. The minimum atomic E-state index is -0.689. The van der Waals surface area contributed by atoms with Crippen molar-refractivity contribution in [3.63, 3.8) is 0 Å². The van der Waals surface area contributed by atoms with E-state index in [2.05, 4.69) is 15.4 Å². The molecule has 4 rings (SSSR count). The number of benzene rings is 2. The Morgan fingerprint density at radius 3 is 2.50 bits per heavy atom. The Balaban J connectivity index is 1.84. The summed E-state index contributed by atoms with van der Waals surface area (Å²) in [5, 5.41) is 8.96. The molecule has 0 amide bonds. The normalized spacial score (nSPS) is 11.0. The van der Waals surface area contributed by atoms with Crippen LogP contribution in [0.1, 0.15) is 5.56 Å². The largest absolute Gasteiger partial charge is 0.365 e. The zero-order valence-corrected chi connectivity index (χ0v) is 16.9. The Morgan fingerprint density at radius 1 is 1.07 bits per heavy atom. The number of aromatic nitrogens is 3. The van der Waals surface area contributed by atoms with E-state index in [0.29, 0.717) is 27.3 Å². The molecule has 0 spiro atoms. The van der Waals surface area contributed by atoms with Gasteiger partial charge in [0.2, 0.25) is 5.95 Å². The van der Waals surface area contributed by atoms with Gasteiger partial charge < -0.3 is 10.1 Å². The Morgan fingerprint density at radius 2 is 1.80 bits per heavy atom. The van der Waals surface area contributed by atoms with Gasteiger partial charge in [0.1, 0.15) is 18.2 Å². The third-order valence-corrected chi connectivity index (χ3v) is 4.87. The van der Waals surface area contributed by atoms with Crippen molar-refractivity contribution in [1.29, 1.82) is 0 Å². The first kappa shape index (κ1) is 20.0. The van der Waals surface area contributed by atoms with Crippen LogP contribution in [0.3, 0.4) is 0 Å². The number of rotatable bonds is 6. The lowest BCUT2D eigenvalue weighted by Gasteiger charge is -2.12. The van der Waals surface area contributed by atoms with Crippen molar-refractivity contribution in [2.45, 2.75) is 6.54 Å². The summed E-state index contributed by atoms with van der Waals surface area (Å²) in [5.74, 6) is -0.345. The SMILES string of the molecule is COCNc1ccc(-c2nn(Cc3ccc(Cl)cc3)c(=O)c3ccccc23)c(F)n1. The molecule has 0 unspecified atom stereocenters. The van der Waals surface area contributed by atoms with Crippen molar-refractivity contribution in [1.82, 2.24) is 14.8 Å². The third-order valence-electron chi connectivity index (χ3n) is 4.61. The molecule has 0 saturated heterocycles. The fourth-order valence-electron chi connectivity index (χ4n) is 3.16. The van der Waals surface area contributed by atoms with Crippen LogP contribution in [0, 0.1) is 5.95 Å². The highest BCUT2D eigenvalue weighted by molar-refractivity contribution is 6.30. The molecule has 0 saturated carbocycles. The van der Waals surface area contributed by atoms with Gasteiger partial charge in [-0.1, -0.05) is 41.9 Å². The van der Waals surface area contributed by atoms with Gasteiger partial charge in [-0.15, -0.1) is 0 Å². The molecular formula is C22H18ClFN4O2. The van der Waals surface area contributed by atoms with Gasteiger partial charge in [-0.25, -0.2) is 9.67 Å². The Kier molecular flexibility index (Phi) is 5.74. The zero-order valence-electron chi connectivity index (χ0n) is 16.1. The molecule has 0 bridgehead atoms. The third kappa shape index (κ3) is 4.03. The van der Waals surface area contributed by atoms with E-state index in [1.54, 1.807) is 48.5 Å². The molecule has 0 atom stereocenters. The Bertz CT molecular complexity index is 1260. The van der Waals surface area contributed by atoms with Crippen LogP contribution < -0.4 is 10.9 Å². The first-order chi connectivity index (χ1) is 14.6. The number of pyridine rings is 1. The van der Waals surface area contributed by atoms with Crippen molar-refractivity contribution in [2.24, 2.45) is 0 Å². The van der Waals surface area contributed by atoms with Crippen LogP contribution in [-0.4, -0.2) is 28.6 Å². The minimum absolute atomic E-state index is 0.207. The second kappa shape index (κ2) is 8.61. The molecule has 30 heavy (non-hydrogen) atoms. The van der Waals surface area contributed by atoms with Gasteiger partial charge in [0.15, 0.2) is 0 Å². The highest BCUT2D eigenvalue weighted by Gasteiger charge is 2.16. The van der Waals surface area contributed by atoms with Gasteiger partial charge >= 0.3 is 0 Å². The molecule has 2 heterocycles. The molecule has 0 radical (unpaired) electrons. The number of hydrogen-bond acceptors (Lipinski definition) is 5. The summed E-state index contributed by atoms with van der Waals surface area (Å²) in [6.45, 7) is 0.440. The number of ether oxygens (including phenoxy) is 1. The van der Waals surface area contributed by atoms with Crippen molar-refractivity contribution < 1.29 is 9.13 Å². The van der Waals surface area contributed by atoms with E-state index in [1.807, 2.05) is 12.1 Å². The van der Waals surface area contributed by atoms with E-state index in [1.165, 1.54) is 11.8 Å². The van der Waals surface area contributed by atoms with E-state index in [0.717, 1.165) is 5.56 Å². The number of nitrogens with one attached hydrogen (secondary N) is 1. The number of hydrogen-bond donors (Lipinski definition) is 1. The van der Waals surface area contributed by atoms with Crippen LogP contribution >= 0.6 is 11.6 Å². The molecule has 0 aliphatic carbocycles. The minimum Gasteiger partial charge on any atom is -0.365 e. The van der Waals surface area contributed by atoms with Gasteiger partial charge in [0.25, 0.3) is 5.56 Å². The van der Waals surface area contributed by atoms with Crippen LogP contribution in [0.5, 0.6) is 0 Å². The van der Waals surface area contributed by atoms with Crippen LogP contribution in [0.2, 0.25) is 5.02 Å². The number of nitrogens with zero attached hydrogens (tertiary/aromatic N) is 3. The second-order valence-corrected chi connectivity index (χ2v) is 7.06. The number of anilines is 1.